The fourth-order valence-corrected chi connectivity index (χ4v) is 4.21. The first-order valence-corrected chi connectivity index (χ1v) is 10.7. The van der Waals surface area contributed by atoms with Gasteiger partial charge in [0.2, 0.25) is 0 Å². The van der Waals surface area contributed by atoms with Gasteiger partial charge in [0.05, 0.1) is 20.9 Å². The molecule has 0 saturated carbocycles. The molecular weight excluding hydrogens is 404 g/mol. The number of pyridine rings is 1. The van der Waals surface area contributed by atoms with Crippen molar-refractivity contribution in [3.05, 3.63) is 64.4 Å². The monoisotopic (exact) mass is 428 g/mol. The molecule has 1 amide bonds. The third kappa shape index (κ3) is 5.14. The molecule has 1 N–H and O–H groups in total. The molecule has 0 aliphatic heterocycles. The number of carbonyl (C=O) groups is 1. The minimum atomic E-state index is -0.0715. The molecule has 0 aliphatic carbocycles. The van der Waals surface area contributed by atoms with Crippen molar-refractivity contribution in [1.82, 2.24) is 14.9 Å². The number of nitrogens with one attached hydrogen (secondary N) is 1. The van der Waals surface area contributed by atoms with E-state index in [0.29, 0.717) is 17.3 Å². The summed E-state index contributed by atoms with van der Waals surface area (Å²) < 4.78 is 0. The maximum Gasteiger partial charge on any atom is 0.274 e. The van der Waals surface area contributed by atoms with E-state index in [2.05, 4.69) is 29.1 Å². The van der Waals surface area contributed by atoms with Crippen LogP contribution in [0.2, 0.25) is 5.02 Å². The second-order valence-corrected chi connectivity index (χ2v) is 8.89. The Bertz CT molecular complexity index is 957. The number of rotatable bonds is 7. The third-order valence-electron chi connectivity index (χ3n) is 4.78. The van der Waals surface area contributed by atoms with Gasteiger partial charge in [-0.25, -0.2) is 9.97 Å². The highest BCUT2D eigenvalue weighted by molar-refractivity contribution is 7.15. The summed E-state index contributed by atoms with van der Waals surface area (Å²) in [4.78, 5) is 24.9. The first-order chi connectivity index (χ1) is 13.9. The molecule has 5 nitrogen and oxygen atoms in total. The summed E-state index contributed by atoms with van der Waals surface area (Å²) in [5.41, 5.74) is 1.52. The number of aromatic nitrogens is 2. The highest BCUT2D eigenvalue weighted by Crippen LogP contribution is 2.31. The largest absolute Gasteiger partial charge is 0.368 e. The number of carbonyl (C=O) groups excluding carboxylic acids is 1. The molecule has 1 aromatic carbocycles. The van der Waals surface area contributed by atoms with Gasteiger partial charge in [-0.05, 0) is 30.5 Å². The maximum absolute atomic E-state index is 13.4. The lowest BCUT2D eigenvalue weighted by atomic mass is 10.0. The fourth-order valence-electron chi connectivity index (χ4n) is 3.18. The van der Waals surface area contributed by atoms with Gasteiger partial charge < -0.3 is 10.2 Å². The second-order valence-electron chi connectivity index (χ2n) is 7.25. The van der Waals surface area contributed by atoms with E-state index in [4.69, 9.17) is 11.6 Å². The van der Waals surface area contributed by atoms with E-state index < -0.39 is 0 Å². The summed E-state index contributed by atoms with van der Waals surface area (Å²) in [5, 5.41) is 4.78. The Morgan fingerprint density at radius 2 is 1.93 bits per heavy atom. The number of hydrogen-bond acceptors (Lipinski definition) is 5. The predicted octanol–water partition coefficient (Wildman–Crippen LogP) is 5.38. The molecule has 0 fully saturated rings. The molecule has 152 valence electrons. The summed E-state index contributed by atoms with van der Waals surface area (Å²) in [5.74, 6) is 0.914. The molecular formula is C22H25ClN4OS. The number of anilines is 1. The molecule has 0 spiro atoms. The fraction of sp³-hybridized carbons (Fsp3) is 0.318. The van der Waals surface area contributed by atoms with Gasteiger partial charge in [-0.2, -0.15) is 0 Å². The van der Waals surface area contributed by atoms with Crippen molar-refractivity contribution in [3.8, 4) is 10.4 Å². The summed E-state index contributed by atoms with van der Waals surface area (Å²) in [6, 6.07) is 13.5. The SMILES string of the molecule is Cc1nc(C(=O)N(C)[C@H](CNc2ccc(Cl)cn2)C(C)C)c(-c2ccccc2)s1. The van der Waals surface area contributed by atoms with Crippen molar-refractivity contribution in [3.63, 3.8) is 0 Å². The molecule has 1 atom stereocenters. The van der Waals surface area contributed by atoms with Crippen LogP contribution in [0.4, 0.5) is 5.82 Å². The van der Waals surface area contributed by atoms with Crippen molar-refractivity contribution in [1.29, 1.82) is 0 Å². The lowest BCUT2D eigenvalue weighted by Crippen LogP contribution is -2.45. The maximum atomic E-state index is 13.4. The van der Waals surface area contributed by atoms with Crippen LogP contribution in [0, 0.1) is 12.8 Å². The second kappa shape index (κ2) is 9.37. The molecule has 2 heterocycles. The van der Waals surface area contributed by atoms with Gasteiger partial charge in [-0.1, -0.05) is 55.8 Å². The molecule has 7 heteroatoms. The van der Waals surface area contributed by atoms with Gasteiger partial charge in [0.1, 0.15) is 11.5 Å². The molecule has 3 aromatic rings. The number of hydrogen-bond donors (Lipinski definition) is 1. The van der Waals surface area contributed by atoms with E-state index >= 15 is 0 Å². The minimum absolute atomic E-state index is 0.0226. The summed E-state index contributed by atoms with van der Waals surface area (Å²) in [7, 11) is 1.84. The smallest absolute Gasteiger partial charge is 0.274 e. The van der Waals surface area contributed by atoms with Gasteiger partial charge in [-0.3, -0.25) is 4.79 Å². The lowest BCUT2D eigenvalue weighted by molar-refractivity contribution is 0.0696. The molecule has 29 heavy (non-hydrogen) atoms. The normalized spacial score (nSPS) is 12.1. The first kappa shape index (κ1) is 21.3. The van der Waals surface area contributed by atoms with E-state index in [1.165, 1.54) is 0 Å². The van der Waals surface area contributed by atoms with Crippen molar-refractivity contribution in [2.45, 2.75) is 26.8 Å². The summed E-state index contributed by atoms with van der Waals surface area (Å²) >= 11 is 7.45. The van der Waals surface area contributed by atoms with Gasteiger partial charge in [0.25, 0.3) is 5.91 Å². The lowest BCUT2D eigenvalue weighted by Gasteiger charge is -2.31. The average molecular weight is 429 g/mol. The predicted molar refractivity (Wildman–Crippen MR) is 121 cm³/mol. The third-order valence-corrected chi connectivity index (χ3v) is 6.02. The Hall–Kier alpha value is -2.44. The van der Waals surface area contributed by atoms with Crippen molar-refractivity contribution in [2.75, 3.05) is 18.9 Å². The molecule has 3 rings (SSSR count). The minimum Gasteiger partial charge on any atom is -0.368 e. The van der Waals surface area contributed by atoms with Crippen LogP contribution in [-0.4, -0.2) is 40.4 Å². The quantitative estimate of drug-likeness (QED) is 0.549. The number of thiazole rings is 1. The number of aryl methyl sites for hydroxylation is 1. The molecule has 0 aliphatic rings. The standard InChI is InChI=1S/C22H25ClN4OS/c1-14(2)18(13-25-19-11-10-17(23)12-24-19)27(4)22(28)20-21(29-15(3)26-20)16-8-6-5-7-9-16/h5-12,14,18H,13H2,1-4H3,(H,24,25)/t18-/m1/s1. The molecule has 0 bridgehead atoms. The van der Waals surface area contributed by atoms with Crippen LogP contribution in [0.1, 0.15) is 29.3 Å². The number of likely N-dealkylation sites (N-methyl/N-ethyl adjacent to an activating group) is 1. The van der Waals surface area contributed by atoms with Crippen LogP contribution in [-0.2, 0) is 0 Å². The number of amides is 1. The number of nitrogens with zero attached hydrogens (tertiary/aromatic N) is 3. The van der Waals surface area contributed by atoms with Gasteiger partial charge >= 0.3 is 0 Å². The van der Waals surface area contributed by atoms with Crippen LogP contribution in [0.15, 0.2) is 48.7 Å². The van der Waals surface area contributed by atoms with Crippen LogP contribution in [0.25, 0.3) is 10.4 Å². The first-order valence-electron chi connectivity index (χ1n) is 9.52. The summed E-state index contributed by atoms with van der Waals surface area (Å²) in [6.45, 7) is 6.73. The van der Waals surface area contributed by atoms with E-state index in [9.17, 15) is 4.79 Å². The van der Waals surface area contributed by atoms with Crippen LogP contribution < -0.4 is 5.32 Å². The van der Waals surface area contributed by atoms with Crippen molar-refractivity contribution in [2.24, 2.45) is 5.92 Å². The van der Waals surface area contributed by atoms with Crippen LogP contribution >= 0.6 is 22.9 Å². The molecule has 0 radical (unpaired) electrons. The zero-order valence-electron chi connectivity index (χ0n) is 17.0. The Morgan fingerprint density at radius 3 is 2.55 bits per heavy atom. The van der Waals surface area contributed by atoms with E-state index in [1.807, 2.05) is 50.4 Å². The van der Waals surface area contributed by atoms with E-state index in [1.54, 1.807) is 28.5 Å². The van der Waals surface area contributed by atoms with Crippen LogP contribution in [0.5, 0.6) is 0 Å². The van der Waals surface area contributed by atoms with Gasteiger partial charge in [-0.15, -0.1) is 11.3 Å². The molecule has 0 saturated heterocycles. The zero-order valence-corrected chi connectivity index (χ0v) is 18.6. The van der Waals surface area contributed by atoms with Crippen LogP contribution in [0.3, 0.4) is 0 Å². The molecule has 2 aromatic heterocycles. The van der Waals surface area contributed by atoms with E-state index in [0.717, 1.165) is 21.3 Å². The Balaban J connectivity index is 1.81. The Labute approximate surface area is 180 Å². The topological polar surface area (TPSA) is 58.1 Å². The van der Waals surface area contributed by atoms with Gasteiger partial charge in [0.15, 0.2) is 0 Å². The highest BCUT2D eigenvalue weighted by Gasteiger charge is 2.28. The Morgan fingerprint density at radius 1 is 1.21 bits per heavy atom. The Kier molecular flexibility index (Phi) is 6.87. The van der Waals surface area contributed by atoms with Crippen molar-refractivity contribution >= 4 is 34.7 Å². The molecule has 0 unspecified atom stereocenters. The van der Waals surface area contributed by atoms with Crippen molar-refractivity contribution < 1.29 is 4.79 Å². The average Bonchev–Trinajstić information content (AvgIpc) is 3.11. The van der Waals surface area contributed by atoms with Gasteiger partial charge in [0, 0.05) is 19.8 Å². The number of halogens is 1. The van der Waals surface area contributed by atoms with E-state index in [-0.39, 0.29) is 17.9 Å². The number of benzene rings is 1. The highest BCUT2D eigenvalue weighted by atomic mass is 35.5. The zero-order chi connectivity index (χ0) is 21.0. The summed E-state index contributed by atoms with van der Waals surface area (Å²) in [6.07, 6.45) is 1.60.